The number of benzene rings is 1. The van der Waals surface area contributed by atoms with E-state index in [1.54, 1.807) is 13.0 Å². The molecule has 0 unspecified atom stereocenters. The Morgan fingerprint density at radius 3 is 2.74 bits per heavy atom. The minimum Gasteiger partial charge on any atom is -0.383 e. The lowest BCUT2D eigenvalue weighted by atomic mass is 10.1. The van der Waals surface area contributed by atoms with Crippen molar-refractivity contribution >= 4 is 5.82 Å². The van der Waals surface area contributed by atoms with Gasteiger partial charge in [-0.15, -0.1) is 0 Å². The highest BCUT2D eigenvalue weighted by molar-refractivity contribution is 5.71. The van der Waals surface area contributed by atoms with Gasteiger partial charge in [-0.2, -0.15) is 0 Å². The predicted octanol–water partition coefficient (Wildman–Crippen LogP) is 3.48. The second-order valence-electron chi connectivity index (χ2n) is 5.18. The second kappa shape index (κ2) is 4.37. The molecule has 0 atom stereocenters. The Balaban J connectivity index is 2.11. The summed E-state index contributed by atoms with van der Waals surface area (Å²) in [7, 11) is 0. The molecule has 1 aliphatic rings. The maximum Gasteiger partial charge on any atom is 0.131 e. The first-order valence-electron chi connectivity index (χ1n) is 6.75. The van der Waals surface area contributed by atoms with Crippen LogP contribution in [-0.2, 0) is 6.42 Å². The first-order valence-corrected chi connectivity index (χ1v) is 6.75. The van der Waals surface area contributed by atoms with Crippen LogP contribution < -0.4 is 5.73 Å². The van der Waals surface area contributed by atoms with E-state index < -0.39 is 0 Å². The van der Waals surface area contributed by atoms with Crippen molar-refractivity contribution in [1.82, 2.24) is 9.55 Å². The Morgan fingerprint density at radius 2 is 2.16 bits per heavy atom. The summed E-state index contributed by atoms with van der Waals surface area (Å²) in [6.45, 7) is 3.84. The fourth-order valence-corrected chi connectivity index (χ4v) is 2.49. The van der Waals surface area contributed by atoms with Crippen molar-refractivity contribution in [3.8, 4) is 11.3 Å². The molecule has 0 bridgehead atoms. The van der Waals surface area contributed by atoms with Gasteiger partial charge in [-0.3, -0.25) is 0 Å². The quantitative estimate of drug-likeness (QED) is 0.917. The van der Waals surface area contributed by atoms with Gasteiger partial charge in [0, 0.05) is 18.0 Å². The molecule has 1 aromatic heterocycles. The summed E-state index contributed by atoms with van der Waals surface area (Å²) in [6, 6.07) is 5.55. The van der Waals surface area contributed by atoms with Crippen molar-refractivity contribution in [2.75, 3.05) is 5.73 Å². The summed E-state index contributed by atoms with van der Waals surface area (Å²) in [4.78, 5) is 4.65. The van der Waals surface area contributed by atoms with E-state index in [9.17, 15) is 4.39 Å². The maximum absolute atomic E-state index is 13.3. The Kier molecular flexibility index (Phi) is 2.81. The van der Waals surface area contributed by atoms with Gasteiger partial charge in [0.1, 0.15) is 23.2 Å². The summed E-state index contributed by atoms with van der Waals surface area (Å²) in [5.41, 5.74) is 8.55. The summed E-state index contributed by atoms with van der Waals surface area (Å²) in [6.07, 6.45) is 3.21. The van der Waals surface area contributed by atoms with E-state index in [1.165, 1.54) is 18.9 Å². The third-order valence-corrected chi connectivity index (χ3v) is 3.68. The second-order valence-corrected chi connectivity index (χ2v) is 5.18. The number of anilines is 1. The number of nitrogen functional groups attached to an aromatic ring is 1. The van der Waals surface area contributed by atoms with E-state index in [-0.39, 0.29) is 5.82 Å². The van der Waals surface area contributed by atoms with Gasteiger partial charge in [-0.1, -0.05) is 6.92 Å². The molecule has 1 aromatic carbocycles. The zero-order valence-corrected chi connectivity index (χ0v) is 11.3. The van der Waals surface area contributed by atoms with Crippen molar-refractivity contribution in [2.24, 2.45) is 0 Å². The molecule has 0 radical (unpaired) electrons. The number of hydrogen-bond acceptors (Lipinski definition) is 2. The highest BCUT2D eigenvalue weighted by atomic mass is 19.1. The zero-order chi connectivity index (χ0) is 13.6. The number of nitrogens with zero attached hydrogens (tertiary/aromatic N) is 2. The van der Waals surface area contributed by atoms with Crippen molar-refractivity contribution in [2.45, 2.75) is 39.2 Å². The topological polar surface area (TPSA) is 43.8 Å². The third-order valence-electron chi connectivity index (χ3n) is 3.68. The van der Waals surface area contributed by atoms with E-state index in [0.717, 1.165) is 23.5 Å². The van der Waals surface area contributed by atoms with Crippen LogP contribution in [0.15, 0.2) is 18.2 Å². The van der Waals surface area contributed by atoms with Gasteiger partial charge >= 0.3 is 0 Å². The first-order chi connectivity index (χ1) is 9.11. The van der Waals surface area contributed by atoms with Gasteiger partial charge in [0.2, 0.25) is 0 Å². The fourth-order valence-electron chi connectivity index (χ4n) is 2.49. The largest absolute Gasteiger partial charge is 0.383 e. The Morgan fingerprint density at radius 1 is 1.42 bits per heavy atom. The molecule has 2 N–H and O–H groups in total. The molecule has 19 heavy (non-hydrogen) atoms. The van der Waals surface area contributed by atoms with E-state index in [4.69, 9.17) is 5.73 Å². The number of aromatic nitrogens is 2. The molecule has 2 aromatic rings. The van der Waals surface area contributed by atoms with Crippen molar-refractivity contribution in [1.29, 1.82) is 0 Å². The Hall–Kier alpha value is -1.84. The van der Waals surface area contributed by atoms with Crippen LogP contribution in [0.3, 0.4) is 0 Å². The molecule has 0 spiro atoms. The minimum absolute atomic E-state index is 0.195. The van der Waals surface area contributed by atoms with E-state index in [2.05, 4.69) is 16.5 Å². The van der Waals surface area contributed by atoms with Gasteiger partial charge in [-0.25, -0.2) is 9.37 Å². The average Bonchev–Trinajstić information content (AvgIpc) is 3.17. The van der Waals surface area contributed by atoms with Crippen LogP contribution in [0.2, 0.25) is 0 Å². The number of halogens is 1. The minimum atomic E-state index is -0.195. The molecular formula is C15H18FN3. The normalized spacial score (nSPS) is 14.9. The smallest absolute Gasteiger partial charge is 0.131 e. The van der Waals surface area contributed by atoms with Crippen molar-refractivity contribution < 1.29 is 4.39 Å². The molecule has 100 valence electrons. The monoisotopic (exact) mass is 259 g/mol. The molecule has 3 nitrogen and oxygen atoms in total. The fraction of sp³-hybridized carbons (Fsp3) is 0.400. The predicted molar refractivity (Wildman–Crippen MR) is 74.4 cm³/mol. The van der Waals surface area contributed by atoms with Crippen LogP contribution in [0.4, 0.5) is 10.2 Å². The Bertz CT molecular complexity index is 627. The number of imidazole rings is 1. The first kappa shape index (κ1) is 12.2. The van der Waals surface area contributed by atoms with Crippen molar-refractivity contribution in [3.05, 3.63) is 35.4 Å². The number of rotatable bonds is 3. The molecule has 1 fully saturated rings. The maximum atomic E-state index is 13.3. The molecular weight excluding hydrogens is 241 g/mol. The van der Waals surface area contributed by atoms with E-state index >= 15 is 0 Å². The molecule has 1 saturated carbocycles. The standard InChI is InChI=1S/C15H18FN3/c1-3-13-18-14(15(17)19(13)11-5-6-11)10-4-7-12(16)9(2)8-10/h4,7-8,11H,3,5-6,17H2,1-2H3. The Labute approximate surface area is 112 Å². The van der Waals surface area contributed by atoms with Crippen LogP contribution in [0.25, 0.3) is 11.3 Å². The highest BCUT2D eigenvalue weighted by Gasteiger charge is 2.29. The van der Waals surface area contributed by atoms with Gasteiger partial charge in [0.05, 0.1) is 0 Å². The number of aryl methyl sites for hydroxylation is 2. The number of hydrogen-bond donors (Lipinski definition) is 1. The van der Waals surface area contributed by atoms with Gasteiger partial charge in [0.25, 0.3) is 0 Å². The molecule has 0 saturated heterocycles. The molecule has 4 heteroatoms. The zero-order valence-electron chi connectivity index (χ0n) is 11.3. The lowest BCUT2D eigenvalue weighted by molar-refractivity contribution is 0.619. The highest BCUT2D eigenvalue weighted by Crippen LogP contribution is 2.41. The average molecular weight is 259 g/mol. The van der Waals surface area contributed by atoms with Crippen molar-refractivity contribution in [3.63, 3.8) is 0 Å². The lowest BCUT2D eigenvalue weighted by Gasteiger charge is -2.06. The van der Waals surface area contributed by atoms with E-state index in [0.29, 0.717) is 17.4 Å². The van der Waals surface area contributed by atoms with Gasteiger partial charge in [0.15, 0.2) is 0 Å². The van der Waals surface area contributed by atoms with Gasteiger partial charge in [-0.05, 0) is 43.5 Å². The van der Waals surface area contributed by atoms with Crippen LogP contribution in [0, 0.1) is 12.7 Å². The van der Waals surface area contributed by atoms with Crippen LogP contribution >= 0.6 is 0 Å². The SMILES string of the molecule is CCc1nc(-c2ccc(F)c(C)c2)c(N)n1C1CC1. The summed E-state index contributed by atoms with van der Waals surface area (Å²) >= 11 is 0. The van der Waals surface area contributed by atoms with Crippen LogP contribution in [0.5, 0.6) is 0 Å². The molecule has 0 amide bonds. The molecule has 0 aliphatic heterocycles. The van der Waals surface area contributed by atoms with Crippen LogP contribution in [0.1, 0.15) is 37.2 Å². The van der Waals surface area contributed by atoms with E-state index in [1.807, 2.05) is 6.07 Å². The number of nitrogens with two attached hydrogens (primary N) is 1. The molecule has 1 aliphatic carbocycles. The molecule has 1 heterocycles. The third kappa shape index (κ3) is 2.01. The summed E-state index contributed by atoms with van der Waals surface area (Å²) in [5, 5.41) is 0. The summed E-state index contributed by atoms with van der Waals surface area (Å²) in [5.74, 6) is 1.54. The lowest BCUT2D eigenvalue weighted by Crippen LogP contribution is -2.04. The van der Waals surface area contributed by atoms with Crippen LogP contribution in [-0.4, -0.2) is 9.55 Å². The molecule has 3 rings (SSSR count). The van der Waals surface area contributed by atoms with Gasteiger partial charge < -0.3 is 10.3 Å². The summed E-state index contributed by atoms with van der Waals surface area (Å²) < 4.78 is 15.5.